The molecule has 0 fully saturated rings. The van der Waals surface area contributed by atoms with Crippen LogP contribution in [0.1, 0.15) is 25.6 Å². The maximum absolute atomic E-state index is 5.74. The predicted octanol–water partition coefficient (Wildman–Crippen LogP) is 2.51. The third-order valence-electron chi connectivity index (χ3n) is 2.46. The first-order chi connectivity index (χ1) is 6.59. The van der Waals surface area contributed by atoms with Crippen molar-refractivity contribution in [2.75, 3.05) is 5.73 Å². The molecule has 0 radical (unpaired) electrons. The molecule has 74 valence electrons. The van der Waals surface area contributed by atoms with E-state index in [2.05, 4.69) is 25.9 Å². The van der Waals surface area contributed by atoms with Gasteiger partial charge in [0.15, 0.2) is 0 Å². The second-order valence-corrected chi connectivity index (χ2v) is 3.90. The van der Waals surface area contributed by atoms with Crippen LogP contribution in [0, 0.1) is 6.92 Å². The summed E-state index contributed by atoms with van der Waals surface area (Å²) in [5.74, 6) is 0. The number of hydrogen-bond donors (Lipinski definition) is 1. The molecule has 0 amide bonds. The van der Waals surface area contributed by atoms with Crippen molar-refractivity contribution in [3.05, 3.63) is 23.9 Å². The second kappa shape index (κ2) is 3.01. The van der Waals surface area contributed by atoms with E-state index in [1.54, 1.807) is 0 Å². The first-order valence-electron chi connectivity index (χ1n) is 4.84. The van der Waals surface area contributed by atoms with Crippen molar-refractivity contribution in [3.63, 3.8) is 0 Å². The second-order valence-electron chi connectivity index (χ2n) is 3.90. The number of hydrogen-bond acceptors (Lipinski definition) is 2. The molecule has 14 heavy (non-hydrogen) atoms. The molecule has 0 saturated heterocycles. The quantitative estimate of drug-likeness (QED) is 0.700. The summed E-state index contributed by atoms with van der Waals surface area (Å²) >= 11 is 0. The fourth-order valence-corrected chi connectivity index (χ4v) is 1.75. The van der Waals surface area contributed by atoms with Gasteiger partial charge in [0, 0.05) is 22.8 Å². The normalized spacial score (nSPS) is 11.4. The van der Waals surface area contributed by atoms with Gasteiger partial charge in [-0.25, -0.2) is 0 Å². The molecule has 3 heteroatoms. The molecule has 0 bridgehead atoms. The predicted molar refractivity (Wildman–Crippen MR) is 59.3 cm³/mol. The molecule has 0 atom stereocenters. The number of anilines is 1. The fourth-order valence-electron chi connectivity index (χ4n) is 1.75. The molecule has 1 heterocycles. The van der Waals surface area contributed by atoms with Crippen LogP contribution in [0.4, 0.5) is 5.69 Å². The van der Waals surface area contributed by atoms with Crippen molar-refractivity contribution in [2.24, 2.45) is 0 Å². The smallest absolute Gasteiger partial charge is 0.0927 e. The zero-order valence-corrected chi connectivity index (χ0v) is 8.78. The Labute approximate surface area is 83.5 Å². The lowest BCUT2D eigenvalue weighted by Crippen LogP contribution is -2.04. The van der Waals surface area contributed by atoms with Crippen molar-refractivity contribution < 1.29 is 0 Å². The topological polar surface area (TPSA) is 43.8 Å². The molecule has 0 spiro atoms. The Bertz CT molecular complexity index is 469. The summed E-state index contributed by atoms with van der Waals surface area (Å²) in [4.78, 5) is 0. The Hall–Kier alpha value is -1.51. The monoisotopic (exact) mass is 189 g/mol. The van der Waals surface area contributed by atoms with E-state index >= 15 is 0 Å². The van der Waals surface area contributed by atoms with Gasteiger partial charge in [0.1, 0.15) is 0 Å². The molecule has 2 N–H and O–H groups in total. The van der Waals surface area contributed by atoms with Crippen LogP contribution in [0.3, 0.4) is 0 Å². The zero-order valence-electron chi connectivity index (χ0n) is 8.78. The molecule has 0 unspecified atom stereocenters. The Kier molecular flexibility index (Phi) is 1.95. The van der Waals surface area contributed by atoms with Crippen LogP contribution >= 0.6 is 0 Å². The van der Waals surface area contributed by atoms with E-state index in [0.29, 0.717) is 6.04 Å². The number of benzene rings is 1. The maximum Gasteiger partial charge on any atom is 0.0927 e. The lowest BCUT2D eigenvalue weighted by Gasteiger charge is -2.06. The number of fused-ring (bicyclic) bond motifs is 1. The highest BCUT2D eigenvalue weighted by molar-refractivity contribution is 5.84. The van der Waals surface area contributed by atoms with E-state index in [1.165, 1.54) is 5.69 Å². The number of rotatable bonds is 1. The van der Waals surface area contributed by atoms with Crippen LogP contribution in [-0.4, -0.2) is 9.78 Å². The van der Waals surface area contributed by atoms with Gasteiger partial charge < -0.3 is 5.73 Å². The number of nitrogens with two attached hydrogens (primary N) is 1. The number of aromatic nitrogens is 2. The Morgan fingerprint density at radius 1 is 1.36 bits per heavy atom. The molecule has 2 rings (SSSR count). The van der Waals surface area contributed by atoms with Gasteiger partial charge in [-0.3, -0.25) is 4.68 Å². The summed E-state index contributed by atoms with van der Waals surface area (Å²) in [6.45, 7) is 6.33. The van der Waals surface area contributed by atoms with E-state index in [9.17, 15) is 0 Å². The van der Waals surface area contributed by atoms with Crippen molar-refractivity contribution in [3.8, 4) is 0 Å². The summed E-state index contributed by atoms with van der Waals surface area (Å²) in [5, 5.41) is 5.67. The van der Waals surface area contributed by atoms with Crippen LogP contribution < -0.4 is 5.73 Å². The molecule has 0 saturated carbocycles. The summed E-state index contributed by atoms with van der Waals surface area (Å²) in [6.07, 6.45) is 0. The highest BCUT2D eigenvalue weighted by Gasteiger charge is 2.08. The highest BCUT2D eigenvalue weighted by Crippen LogP contribution is 2.22. The van der Waals surface area contributed by atoms with Crippen LogP contribution in [-0.2, 0) is 0 Å². The summed E-state index contributed by atoms with van der Waals surface area (Å²) in [5.41, 5.74) is 8.74. The van der Waals surface area contributed by atoms with E-state index in [1.807, 2.05) is 22.9 Å². The third-order valence-corrected chi connectivity index (χ3v) is 2.46. The summed E-state index contributed by atoms with van der Waals surface area (Å²) in [6, 6.07) is 6.23. The van der Waals surface area contributed by atoms with Crippen LogP contribution in [0.15, 0.2) is 18.2 Å². The SMILES string of the molecule is Cc1c2cc(N)ccc2nn1C(C)C. The third kappa shape index (κ3) is 1.25. The molecular weight excluding hydrogens is 174 g/mol. The number of nitrogens with zero attached hydrogens (tertiary/aromatic N) is 2. The van der Waals surface area contributed by atoms with Crippen molar-refractivity contribution in [2.45, 2.75) is 26.8 Å². The number of nitrogen functional groups attached to an aromatic ring is 1. The van der Waals surface area contributed by atoms with E-state index in [-0.39, 0.29) is 0 Å². The van der Waals surface area contributed by atoms with E-state index < -0.39 is 0 Å². The van der Waals surface area contributed by atoms with Gasteiger partial charge in [0.05, 0.1) is 5.52 Å². The zero-order chi connectivity index (χ0) is 10.3. The number of aryl methyl sites for hydroxylation is 1. The van der Waals surface area contributed by atoms with Crippen LogP contribution in [0.5, 0.6) is 0 Å². The Morgan fingerprint density at radius 3 is 2.71 bits per heavy atom. The van der Waals surface area contributed by atoms with Crippen molar-refractivity contribution in [1.29, 1.82) is 0 Å². The minimum atomic E-state index is 0.392. The van der Waals surface area contributed by atoms with Gasteiger partial charge in [-0.1, -0.05) is 0 Å². The van der Waals surface area contributed by atoms with Crippen molar-refractivity contribution >= 4 is 16.6 Å². The Morgan fingerprint density at radius 2 is 2.07 bits per heavy atom. The molecule has 0 aliphatic carbocycles. The lowest BCUT2D eigenvalue weighted by atomic mass is 10.2. The van der Waals surface area contributed by atoms with Crippen LogP contribution in [0.25, 0.3) is 10.9 Å². The van der Waals surface area contributed by atoms with Gasteiger partial charge in [-0.15, -0.1) is 0 Å². The van der Waals surface area contributed by atoms with Gasteiger partial charge in [-0.05, 0) is 39.0 Å². The van der Waals surface area contributed by atoms with E-state index in [4.69, 9.17) is 5.73 Å². The van der Waals surface area contributed by atoms with Gasteiger partial charge in [0.25, 0.3) is 0 Å². The highest BCUT2D eigenvalue weighted by atomic mass is 15.3. The van der Waals surface area contributed by atoms with Crippen LogP contribution in [0.2, 0.25) is 0 Å². The largest absolute Gasteiger partial charge is 0.399 e. The standard InChI is InChI=1S/C11H15N3/c1-7(2)14-8(3)10-6-9(12)4-5-11(10)13-14/h4-7H,12H2,1-3H3. The van der Waals surface area contributed by atoms with Crippen molar-refractivity contribution in [1.82, 2.24) is 9.78 Å². The van der Waals surface area contributed by atoms with E-state index in [0.717, 1.165) is 16.6 Å². The lowest BCUT2D eigenvalue weighted by molar-refractivity contribution is 0.524. The van der Waals surface area contributed by atoms with Gasteiger partial charge in [-0.2, -0.15) is 5.10 Å². The average Bonchev–Trinajstić information content (AvgIpc) is 2.44. The molecule has 0 aliphatic heterocycles. The minimum absolute atomic E-state index is 0.392. The van der Waals surface area contributed by atoms with Gasteiger partial charge in [0.2, 0.25) is 0 Å². The average molecular weight is 189 g/mol. The molecular formula is C11H15N3. The first kappa shape index (κ1) is 9.06. The minimum Gasteiger partial charge on any atom is -0.399 e. The fraction of sp³-hybridized carbons (Fsp3) is 0.364. The molecule has 1 aromatic carbocycles. The molecule has 2 aromatic rings. The first-order valence-corrected chi connectivity index (χ1v) is 4.84. The molecule has 3 nitrogen and oxygen atoms in total. The molecule has 1 aromatic heterocycles. The Balaban J connectivity index is 2.74. The van der Waals surface area contributed by atoms with Gasteiger partial charge >= 0.3 is 0 Å². The summed E-state index contributed by atoms with van der Waals surface area (Å²) < 4.78 is 2.03. The summed E-state index contributed by atoms with van der Waals surface area (Å²) in [7, 11) is 0. The maximum atomic E-state index is 5.74. The molecule has 0 aliphatic rings.